The standard InChI is InChI=1S/C8H10F6OS2/c1-5(2)4(15-3)6(17-16-5,7(9,10)11)8(12,13)14/h4H,1-3H3. The Balaban J connectivity index is 3.37. The van der Waals surface area contributed by atoms with E-state index in [1.807, 2.05) is 0 Å². The molecule has 1 nitrogen and oxygen atoms in total. The lowest BCUT2D eigenvalue weighted by atomic mass is 9.90. The summed E-state index contributed by atoms with van der Waals surface area (Å²) in [6, 6.07) is 0. The van der Waals surface area contributed by atoms with Crippen LogP contribution in [0.5, 0.6) is 0 Å². The van der Waals surface area contributed by atoms with Gasteiger partial charge in [-0.3, -0.25) is 0 Å². The van der Waals surface area contributed by atoms with Crippen molar-refractivity contribution in [3.8, 4) is 0 Å². The highest BCUT2D eigenvalue weighted by Crippen LogP contribution is 2.68. The first kappa shape index (κ1) is 15.3. The lowest BCUT2D eigenvalue weighted by Gasteiger charge is -2.38. The summed E-state index contributed by atoms with van der Waals surface area (Å²) < 4.78 is 76.5. The minimum atomic E-state index is -5.42. The van der Waals surface area contributed by atoms with Crippen molar-refractivity contribution in [1.82, 2.24) is 0 Å². The van der Waals surface area contributed by atoms with Gasteiger partial charge in [0.1, 0.15) is 6.10 Å². The number of ether oxygens (including phenoxy) is 1. The first-order valence-electron chi connectivity index (χ1n) is 4.43. The van der Waals surface area contributed by atoms with E-state index in [1.54, 1.807) is 0 Å². The van der Waals surface area contributed by atoms with Crippen LogP contribution in [0.2, 0.25) is 0 Å². The van der Waals surface area contributed by atoms with Gasteiger partial charge < -0.3 is 4.74 Å². The second-order valence-corrected chi connectivity index (χ2v) is 7.15. The zero-order chi connectivity index (χ0) is 13.7. The Morgan fingerprint density at radius 1 is 0.941 bits per heavy atom. The summed E-state index contributed by atoms with van der Waals surface area (Å²) in [5, 5.41) is 0. The molecule has 0 aromatic carbocycles. The number of halogens is 6. The third-order valence-corrected chi connectivity index (χ3v) is 6.46. The van der Waals surface area contributed by atoms with Crippen molar-refractivity contribution in [2.24, 2.45) is 0 Å². The maximum Gasteiger partial charge on any atom is 0.415 e. The van der Waals surface area contributed by atoms with Crippen LogP contribution in [-0.2, 0) is 4.74 Å². The van der Waals surface area contributed by atoms with E-state index in [1.165, 1.54) is 13.8 Å². The van der Waals surface area contributed by atoms with Gasteiger partial charge in [-0.1, -0.05) is 21.6 Å². The summed E-state index contributed by atoms with van der Waals surface area (Å²) in [4.78, 5) is 0. The maximum atomic E-state index is 12.9. The van der Waals surface area contributed by atoms with Crippen molar-refractivity contribution >= 4 is 21.6 Å². The molecule has 0 N–H and O–H groups in total. The Bertz CT molecular complexity index is 283. The number of hydrogen-bond acceptors (Lipinski definition) is 3. The van der Waals surface area contributed by atoms with Gasteiger partial charge in [-0.25, -0.2) is 0 Å². The van der Waals surface area contributed by atoms with Crippen LogP contribution in [0.4, 0.5) is 26.3 Å². The summed E-state index contributed by atoms with van der Waals surface area (Å²) in [5.41, 5.74) is 0. The Hall–Kier alpha value is 0.240. The average molecular weight is 300 g/mol. The average Bonchev–Trinajstić information content (AvgIpc) is 2.34. The Labute approximate surface area is 102 Å². The second kappa shape index (κ2) is 4.12. The number of alkyl halides is 6. The normalized spacial score (nSPS) is 28.4. The van der Waals surface area contributed by atoms with E-state index in [0.717, 1.165) is 7.11 Å². The fraction of sp³-hybridized carbons (Fsp3) is 1.00. The van der Waals surface area contributed by atoms with Crippen LogP contribution in [0.3, 0.4) is 0 Å². The zero-order valence-corrected chi connectivity index (χ0v) is 10.7. The molecular formula is C8H10F6OS2. The van der Waals surface area contributed by atoms with E-state index in [2.05, 4.69) is 4.74 Å². The minimum absolute atomic E-state index is 0.215. The highest BCUT2D eigenvalue weighted by Gasteiger charge is 2.80. The van der Waals surface area contributed by atoms with Crippen molar-refractivity contribution in [3.05, 3.63) is 0 Å². The first-order chi connectivity index (χ1) is 7.40. The quantitative estimate of drug-likeness (QED) is 0.534. The van der Waals surface area contributed by atoms with Gasteiger partial charge in [0, 0.05) is 11.9 Å². The molecule has 1 saturated heterocycles. The predicted octanol–water partition coefficient (Wildman–Crippen LogP) is 4.04. The van der Waals surface area contributed by atoms with Crippen LogP contribution < -0.4 is 0 Å². The molecule has 17 heavy (non-hydrogen) atoms. The molecule has 0 aromatic rings. The molecule has 1 heterocycles. The van der Waals surface area contributed by atoms with Crippen LogP contribution in [0.1, 0.15) is 13.8 Å². The second-order valence-electron chi connectivity index (χ2n) is 4.12. The molecule has 1 fully saturated rings. The monoisotopic (exact) mass is 300 g/mol. The molecule has 1 unspecified atom stereocenters. The van der Waals surface area contributed by atoms with Gasteiger partial charge in [0.15, 0.2) is 0 Å². The maximum absolute atomic E-state index is 12.9. The van der Waals surface area contributed by atoms with Gasteiger partial charge in [-0.05, 0) is 13.8 Å². The van der Waals surface area contributed by atoms with Gasteiger partial charge in [0.2, 0.25) is 4.75 Å². The molecule has 0 aromatic heterocycles. The molecule has 0 bridgehead atoms. The zero-order valence-electron chi connectivity index (χ0n) is 9.07. The first-order valence-corrected chi connectivity index (χ1v) is 6.58. The van der Waals surface area contributed by atoms with Crippen LogP contribution in [0, 0.1) is 0 Å². The topological polar surface area (TPSA) is 9.23 Å². The molecule has 0 spiro atoms. The fourth-order valence-corrected chi connectivity index (χ4v) is 5.33. The van der Waals surface area contributed by atoms with Crippen LogP contribution in [0.25, 0.3) is 0 Å². The number of rotatable bonds is 1. The third kappa shape index (κ3) is 2.14. The SMILES string of the molecule is COC1C(C)(C)SSC1(C(F)(F)F)C(F)(F)F. The summed E-state index contributed by atoms with van der Waals surface area (Å²) >= 11 is 0. The van der Waals surface area contributed by atoms with Gasteiger partial charge >= 0.3 is 12.4 Å². The summed E-state index contributed by atoms with van der Waals surface area (Å²) in [5.74, 6) is 0. The van der Waals surface area contributed by atoms with E-state index in [0.29, 0.717) is 10.8 Å². The van der Waals surface area contributed by atoms with Crippen molar-refractivity contribution in [2.75, 3.05) is 7.11 Å². The molecule has 0 amide bonds. The molecule has 1 aliphatic heterocycles. The van der Waals surface area contributed by atoms with E-state index >= 15 is 0 Å². The van der Waals surface area contributed by atoms with Crippen molar-refractivity contribution in [1.29, 1.82) is 0 Å². The van der Waals surface area contributed by atoms with Gasteiger partial charge in [-0.2, -0.15) is 26.3 Å². The van der Waals surface area contributed by atoms with E-state index < -0.39 is 28.0 Å². The molecule has 0 radical (unpaired) electrons. The van der Waals surface area contributed by atoms with E-state index in [-0.39, 0.29) is 10.8 Å². The molecular weight excluding hydrogens is 290 g/mol. The molecule has 102 valence electrons. The molecule has 0 aliphatic carbocycles. The lowest BCUT2D eigenvalue weighted by Crippen LogP contribution is -2.63. The largest absolute Gasteiger partial charge is 0.415 e. The van der Waals surface area contributed by atoms with E-state index in [4.69, 9.17) is 0 Å². The number of methoxy groups -OCH3 is 1. The lowest BCUT2D eigenvalue weighted by molar-refractivity contribution is -0.288. The van der Waals surface area contributed by atoms with Gasteiger partial charge in [0.25, 0.3) is 0 Å². The summed E-state index contributed by atoms with van der Waals surface area (Å²) in [6.07, 6.45) is -12.8. The van der Waals surface area contributed by atoms with Crippen LogP contribution >= 0.6 is 21.6 Å². The smallest absolute Gasteiger partial charge is 0.378 e. The summed E-state index contributed by atoms with van der Waals surface area (Å²) in [6.45, 7) is 2.61. The third-order valence-electron chi connectivity index (χ3n) is 2.47. The Kier molecular flexibility index (Phi) is 3.71. The molecule has 1 atom stereocenters. The Morgan fingerprint density at radius 2 is 1.35 bits per heavy atom. The van der Waals surface area contributed by atoms with Crippen LogP contribution in [-0.4, -0.2) is 35.1 Å². The van der Waals surface area contributed by atoms with Crippen molar-refractivity contribution in [3.63, 3.8) is 0 Å². The highest BCUT2D eigenvalue weighted by atomic mass is 33.1. The van der Waals surface area contributed by atoms with Gasteiger partial charge in [-0.15, -0.1) is 0 Å². The minimum Gasteiger partial charge on any atom is -0.378 e. The highest BCUT2D eigenvalue weighted by molar-refractivity contribution is 8.78. The molecule has 0 saturated carbocycles. The predicted molar refractivity (Wildman–Crippen MR) is 54.9 cm³/mol. The van der Waals surface area contributed by atoms with Gasteiger partial charge in [0.05, 0.1) is 0 Å². The molecule has 1 rings (SSSR count). The fourth-order valence-electron chi connectivity index (χ4n) is 1.75. The van der Waals surface area contributed by atoms with Crippen molar-refractivity contribution < 1.29 is 31.1 Å². The van der Waals surface area contributed by atoms with Crippen LogP contribution in [0.15, 0.2) is 0 Å². The molecule has 1 aliphatic rings. The van der Waals surface area contributed by atoms with Crippen molar-refractivity contribution in [2.45, 2.75) is 41.8 Å². The van der Waals surface area contributed by atoms with E-state index in [9.17, 15) is 26.3 Å². The number of hydrogen-bond donors (Lipinski definition) is 0. The molecule has 9 heteroatoms. The Morgan fingerprint density at radius 3 is 1.59 bits per heavy atom. The summed E-state index contributed by atoms with van der Waals surface area (Å²) in [7, 11) is 1.20.